The first-order valence-corrected chi connectivity index (χ1v) is 11.5. The molecule has 0 bridgehead atoms. The summed E-state index contributed by atoms with van der Waals surface area (Å²) < 4.78 is 45.3. The molecule has 3 rings (SSSR count). The first-order chi connectivity index (χ1) is 14.8. The Morgan fingerprint density at radius 3 is 2.42 bits per heavy atom. The molecule has 1 aliphatic rings. The Morgan fingerprint density at radius 1 is 1.06 bits per heavy atom. The average Bonchev–Trinajstić information content (AvgIpc) is 2.78. The first-order valence-electron chi connectivity index (χ1n) is 10.1. The summed E-state index contributed by atoms with van der Waals surface area (Å²) in [5.74, 6) is -1.68. The molecule has 0 aliphatic carbocycles. The van der Waals surface area contributed by atoms with Crippen LogP contribution in [0.1, 0.15) is 40.7 Å². The molecule has 0 saturated carbocycles. The summed E-state index contributed by atoms with van der Waals surface area (Å²) in [6.45, 7) is 2.26. The molecule has 1 amide bonds. The molecule has 0 radical (unpaired) electrons. The Hall–Kier alpha value is -2.78. The lowest BCUT2D eigenvalue weighted by Crippen LogP contribution is -2.36. The normalized spacial score (nSPS) is 14.8. The van der Waals surface area contributed by atoms with Crippen molar-refractivity contribution < 1.29 is 27.1 Å². The van der Waals surface area contributed by atoms with E-state index in [-0.39, 0.29) is 22.8 Å². The quantitative estimate of drug-likeness (QED) is 0.658. The Balaban J connectivity index is 1.60. The minimum absolute atomic E-state index is 0.0625. The molecule has 7 nitrogen and oxygen atoms in total. The lowest BCUT2D eigenvalue weighted by Gasteiger charge is -2.26. The lowest BCUT2D eigenvalue weighted by molar-refractivity contribution is -0.124. The van der Waals surface area contributed by atoms with Crippen molar-refractivity contribution in [3.63, 3.8) is 0 Å². The maximum absolute atomic E-state index is 13.0. The minimum atomic E-state index is -3.70. The van der Waals surface area contributed by atoms with Crippen LogP contribution in [0.5, 0.6) is 0 Å². The van der Waals surface area contributed by atoms with Gasteiger partial charge in [-0.05, 0) is 55.2 Å². The Labute approximate surface area is 181 Å². The van der Waals surface area contributed by atoms with Gasteiger partial charge in [0, 0.05) is 19.6 Å². The van der Waals surface area contributed by atoms with E-state index in [1.807, 2.05) is 0 Å². The minimum Gasteiger partial charge on any atom is -0.452 e. The molecule has 31 heavy (non-hydrogen) atoms. The number of sulfonamides is 1. The van der Waals surface area contributed by atoms with Crippen LogP contribution in [-0.2, 0) is 26.1 Å². The number of carbonyl (C=O) groups is 2. The number of nitrogens with one attached hydrogen (secondary N) is 1. The van der Waals surface area contributed by atoms with Gasteiger partial charge in [-0.15, -0.1) is 0 Å². The van der Waals surface area contributed by atoms with Gasteiger partial charge >= 0.3 is 5.97 Å². The molecule has 166 valence electrons. The molecular weight excluding hydrogens is 423 g/mol. The number of carbonyl (C=O) groups excluding carboxylic acids is 2. The third-order valence-corrected chi connectivity index (χ3v) is 7.13. The van der Waals surface area contributed by atoms with Crippen molar-refractivity contribution in [3.05, 3.63) is 65.0 Å². The summed E-state index contributed by atoms with van der Waals surface area (Å²) in [6.07, 6.45) is 2.63. The maximum atomic E-state index is 13.0. The van der Waals surface area contributed by atoms with E-state index in [0.717, 1.165) is 19.3 Å². The van der Waals surface area contributed by atoms with Gasteiger partial charge in [0.15, 0.2) is 6.61 Å². The molecule has 1 heterocycles. The van der Waals surface area contributed by atoms with Crippen molar-refractivity contribution >= 4 is 21.9 Å². The summed E-state index contributed by atoms with van der Waals surface area (Å²) in [4.78, 5) is 24.4. The van der Waals surface area contributed by atoms with Crippen LogP contribution in [0.2, 0.25) is 0 Å². The highest BCUT2D eigenvalue weighted by Gasteiger charge is 2.28. The fraction of sp³-hybridized carbons (Fsp3) is 0.364. The molecule has 0 aromatic heterocycles. The topological polar surface area (TPSA) is 92.8 Å². The van der Waals surface area contributed by atoms with Gasteiger partial charge in [-0.3, -0.25) is 4.79 Å². The van der Waals surface area contributed by atoms with Crippen molar-refractivity contribution in [2.24, 2.45) is 0 Å². The largest absolute Gasteiger partial charge is 0.452 e. The van der Waals surface area contributed by atoms with Crippen molar-refractivity contribution in [2.75, 3.05) is 19.7 Å². The number of aryl methyl sites for hydroxylation is 1. The maximum Gasteiger partial charge on any atom is 0.338 e. The molecule has 2 aromatic carbocycles. The zero-order valence-corrected chi connectivity index (χ0v) is 18.1. The van der Waals surface area contributed by atoms with Crippen molar-refractivity contribution in [3.8, 4) is 0 Å². The number of nitrogens with zero attached hydrogens (tertiary/aromatic N) is 1. The third kappa shape index (κ3) is 5.89. The second-order valence-electron chi connectivity index (χ2n) is 7.42. The van der Waals surface area contributed by atoms with Crippen LogP contribution in [0.25, 0.3) is 0 Å². The molecule has 9 heteroatoms. The van der Waals surface area contributed by atoms with E-state index < -0.39 is 28.5 Å². The molecule has 0 atom stereocenters. The van der Waals surface area contributed by atoms with E-state index >= 15 is 0 Å². The number of hydrogen-bond acceptors (Lipinski definition) is 5. The highest BCUT2D eigenvalue weighted by atomic mass is 32.2. The van der Waals surface area contributed by atoms with Gasteiger partial charge in [-0.25, -0.2) is 17.6 Å². The zero-order chi connectivity index (χ0) is 22.4. The number of esters is 1. The second kappa shape index (κ2) is 10.0. The summed E-state index contributed by atoms with van der Waals surface area (Å²) >= 11 is 0. The van der Waals surface area contributed by atoms with Gasteiger partial charge in [0.2, 0.25) is 10.0 Å². The molecule has 1 fully saturated rings. The predicted octanol–water partition coefficient (Wildman–Crippen LogP) is 2.78. The summed E-state index contributed by atoms with van der Waals surface area (Å²) in [6, 6.07) is 9.99. The number of halogens is 1. The predicted molar refractivity (Wildman–Crippen MR) is 112 cm³/mol. The van der Waals surface area contributed by atoms with E-state index in [9.17, 15) is 22.4 Å². The van der Waals surface area contributed by atoms with E-state index in [1.165, 1.54) is 40.7 Å². The number of rotatable bonds is 7. The SMILES string of the molecule is Cc1ccc(C(=O)OCC(=O)NCc2ccc(F)cc2)cc1S(=O)(=O)N1CCCCC1. The van der Waals surface area contributed by atoms with Crippen LogP contribution in [0, 0.1) is 12.7 Å². The highest BCUT2D eigenvalue weighted by Crippen LogP contribution is 2.24. The first kappa shape index (κ1) is 22.9. The Kier molecular flexibility index (Phi) is 7.40. The van der Waals surface area contributed by atoms with Gasteiger partial charge in [0.1, 0.15) is 5.82 Å². The Bertz CT molecular complexity index is 1050. The van der Waals surface area contributed by atoms with Crippen LogP contribution in [0.4, 0.5) is 4.39 Å². The van der Waals surface area contributed by atoms with Crippen LogP contribution < -0.4 is 5.32 Å². The van der Waals surface area contributed by atoms with Gasteiger partial charge in [0.25, 0.3) is 5.91 Å². The fourth-order valence-electron chi connectivity index (χ4n) is 3.32. The summed E-state index contributed by atoms with van der Waals surface area (Å²) in [5, 5.41) is 2.57. The van der Waals surface area contributed by atoms with Crippen LogP contribution >= 0.6 is 0 Å². The summed E-state index contributed by atoms with van der Waals surface area (Å²) in [7, 11) is -3.70. The van der Waals surface area contributed by atoms with Gasteiger partial charge < -0.3 is 10.1 Å². The highest BCUT2D eigenvalue weighted by molar-refractivity contribution is 7.89. The van der Waals surface area contributed by atoms with E-state index in [2.05, 4.69) is 5.32 Å². The smallest absolute Gasteiger partial charge is 0.338 e. The van der Waals surface area contributed by atoms with Crippen molar-refractivity contribution in [1.29, 1.82) is 0 Å². The Morgan fingerprint density at radius 2 is 1.74 bits per heavy atom. The number of piperidine rings is 1. The monoisotopic (exact) mass is 448 g/mol. The molecule has 1 N–H and O–H groups in total. The molecule has 2 aromatic rings. The van der Waals surface area contributed by atoms with E-state index in [1.54, 1.807) is 13.0 Å². The average molecular weight is 449 g/mol. The summed E-state index contributed by atoms with van der Waals surface area (Å²) in [5.41, 5.74) is 1.30. The molecule has 1 saturated heterocycles. The van der Waals surface area contributed by atoms with Gasteiger partial charge in [-0.1, -0.05) is 24.6 Å². The lowest BCUT2D eigenvalue weighted by atomic mass is 10.1. The van der Waals surface area contributed by atoms with Crippen LogP contribution in [0.3, 0.4) is 0 Å². The second-order valence-corrected chi connectivity index (χ2v) is 9.33. The van der Waals surface area contributed by atoms with Gasteiger partial charge in [-0.2, -0.15) is 4.31 Å². The molecule has 0 spiro atoms. The number of ether oxygens (including phenoxy) is 1. The van der Waals surface area contributed by atoms with Crippen molar-refractivity contribution in [2.45, 2.75) is 37.6 Å². The van der Waals surface area contributed by atoms with Crippen molar-refractivity contribution in [1.82, 2.24) is 9.62 Å². The number of amides is 1. The third-order valence-electron chi connectivity index (χ3n) is 5.09. The standard InChI is InChI=1S/C22H25FN2O5S/c1-16-5-8-18(13-20(16)31(28,29)25-11-3-2-4-12-25)22(27)30-15-21(26)24-14-17-6-9-19(23)10-7-17/h5-10,13H,2-4,11-12,14-15H2,1H3,(H,24,26). The fourth-order valence-corrected chi connectivity index (χ4v) is 5.09. The molecule has 0 unspecified atom stereocenters. The van der Waals surface area contributed by atoms with Crippen LogP contribution in [0.15, 0.2) is 47.4 Å². The molecular formula is C22H25FN2O5S. The molecule has 1 aliphatic heterocycles. The number of hydrogen-bond donors (Lipinski definition) is 1. The van der Waals surface area contributed by atoms with Gasteiger partial charge in [0.05, 0.1) is 10.5 Å². The van der Waals surface area contributed by atoms with E-state index in [0.29, 0.717) is 24.2 Å². The van der Waals surface area contributed by atoms with Crippen LogP contribution in [-0.4, -0.2) is 44.3 Å². The zero-order valence-electron chi connectivity index (χ0n) is 17.3. The van der Waals surface area contributed by atoms with E-state index in [4.69, 9.17) is 4.74 Å². The number of benzene rings is 2.